The van der Waals surface area contributed by atoms with Gasteiger partial charge >= 0.3 is 0 Å². The lowest BCUT2D eigenvalue weighted by Gasteiger charge is -2.14. The van der Waals surface area contributed by atoms with Crippen LogP contribution in [0, 0.1) is 11.7 Å². The monoisotopic (exact) mass is 336 g/mol. The van der Waals surface area contributed by atoms with Crippen molar-refractivity contribution in [1.82, 2.24) is 10.2 Å². The third-order valence-corrected chi connectivity index (χ3v) is 4.67. The van der Waals surface area contributed by atoms with Crippen LogP contribution in [0.3, 0.4) is 0 Å². The molecule has 0 saturated heterocycles. The van der Waals surface area contributed by atoms with Crippen molar-refractivity contribution < 1.29 is 9.18 Å². The number of aromatic nitrogens is 2. The Morgan fingerprint density at radius 1 is 1.30 bits per heavy atom. The average Bonchev–Trinajstić information content (AvgIpc) is 2.94. The van der Waals surface area contributed by atoms with E-state index in [9.17, 15) is 9.18 Å². The second-order valence-corrected chi connectivity index (χ2v) is 7.45. The molecule has 1 unspecified atom stereocenters. The molecule has 7 heteroatoms. The normalized spacial score (nSPS) is 12.9. The van der Waals surface area contributed by atoms with Gasteiger partial charge in [0.1, 0.15) is 10.8 Å². The Labute approximate surface area is 139 Å². The molecule has 1 aromatic heterocycles. The van der Waals surface area contributed by atoms with E-state index in [0.29, 0.717) is 18.1 Å². The molecule has 0 aliphatic heterocycles. The Morgan fingerprint density at radius 3 is 2.48 bits per heavy atom. The van der Waals surface area contributed by atoms with Gasteiger partial charge in [-0.1, -0.05) is 44.2 Å². The van der Waals surface area contributed by atoms with Gasteiger partial charge in [0, 0.05) is 12.0 Å². The summed E-state index contributed by atoms with van der Waals surface area (Å²) < 4.78 is 12.9. The van der Waals surface area contributed by atoms with Crippen molar-refractivity contribution in [2.45, 2.75) is 32.6 Å². The number of nitrogens with zero attached hydrogens (tertiary/aromatic N) is 2. The molecule has 5 nitrogen and oxygen atoms in total. The molecule has 1 amide bonds. The van der Waals surface area contributed by atoms with Crippen molar-refractivity contribution in [3.05, 3.63) is 40.7 Å². The number of hydrogen-bond donors (Lipinski definition) is 2. The van der Waals surface area contributed by atoms with Gasteiger partial charge in [-0.3, -0.25) is 4.79 Å². The number of halogens is 1. The first-order chi connectivity index (χ1) is 10.8. The van der Waals surface area contributed by atoms with E-state index in [4.69, 9.17) is 5.73 Å². The van der Waals surface area contributed by atoms with Gasteiger partial charge in [-0.05, 0) is 24.1 Å². The van der Waals surface area contributed by atoms with E-state index in [1.54, 1.807) is 12.1 Å². The van der Waals surface area contributed by atoms with Gasteiger partial charge in [-0.2, -0.15) is 0 Å². The van der Waals surface area contributed by atoms with E-state index in [1.165, 1.54) is 23.5 Å². The minimum Gasteiger partial charge on any atom is -0.369 e. The van der Waals surface area contributed by atoms with E-state index in [2.05, 4.69) is 36.3 Å². The first-order valence-corrected chi connectivity index (χ1v) is 8.19. The number of anilines is 1. The van der Waals surface area contributed by atoms with Crippen LogP contribution in [0.4, 0.5) is 9.52 Å². The molecule has 124 valence electrons. The lowest BCUT2D eigenvalue weighted by molar-refractivity contribution is -0.121. The molecule has 1 atom stereocenters. The van der Waals surface area contributed by atoms with Crippen LogP contribution in [-0.4, -0.2) is 22.6 Å². The van der Waals surface area contributed by atoms with Crippen molar-refractivity contribution >= 4 is 22.4 Å². The van der Waals surface area contributed by atoms with Gasteiger partial charge in [-0.15, -0.1) is 10.2 Å². The maximum atomic E-state index is 12.9. The zero-order valence-corrected chi connectivity index (χ0v) is 14.3. The molecule has 0 fully saturated rings. The Hall–Kier alpha value is -2.02. The summed E-state index contributed by atoms with van der Waals surface area (Å²) in [5.74, 6) is -1.10. The highest BCUT2D eigenvalue weighted by molar-refractivity contribution is 7.15. The molecular weight excluding hydrogens is 315 g/mol. The molecule has 2 aromatic rings. The number of hydrogen-bond acceptors (Lipinski definition) is 5. The summed E-state index contributed by atoms with van der Waals surface area (Å²) in [7, 11) is 0. The van der Waals surface area contributed by atoms with Crippen molar-refractivity contribution in [3.63, 3.8) is 0 Å². The smallest absolute Gasteiger partial charge is 0.222 e. The molecular formula is C16H21FN4OS. The summed E-state index contributed by atoms with van der Waals surface area (Å²) in [5.41, 5.74) is 6.27. The van der Waals surface area contributed by atoms with Crippen molar-refractivity contribution in [1.29, 1.82) is 0 Å². The second kappa shape index (κ2) is 7.04. The molecule has 0 aliphatic rings. The molecule has 0 spiro atoms. The number of amides is 1. The van der Waals surface area contributed by atoms with Gasteiger partial charge in [0.15, 0.2) is 0 Å². The molecule has 0 saturated carbocycles. The topological polar surface area (TPSA) is 80.9 Å². The lowest BCUT2D eigenvalue weighted by Crippen LogP contribution is -2.31. The average molecular weight is 336 g/mol. The predicted molar refractivity (Wildman–Crippen MR) is 89.9 cm³/mol. The highest BCUT2D eigenvalue weighted by Crippen LogP contribution is 2.27. The van der Waals surface area contributed by atoms with E-state index in [0.717, 1.165) is 10.6 Å². The summed E-state index contributed by atoms with van der Waals surface area (Å²) in [6, 6.07) is 6.07. The fraction of sp³-hybridized carbons (Fsp3) is 0.438. The number of nitrogens with one attached hydrogen (secondary N) is 1. The first-order valence-electron chi connectivity index (χ1n) is 7.37. The molecule has 0 radical (unpaired) electrons. The minimum absolute atomic E-state index is 0.0607. The largest absolute Gasteiger partial charge is 0.369 e. The molecule has 1 aromatic carbocycles. The van der Waals surface area contributed by atoms with Crippen LogP contribution in [0.15, 0.2) is 24.3 Å². The summed E-state index contributed by atoms with van der Waals surface area (Å²) in [4.78, 5) is 11.6. The standard InChI is InChI=1S/C16H21FN4OS/c1-16(2,3)14-20-21-15(23-14)19-9-11(13(18)22)8-10-4-6-12(17)7-5-10/h4-7,11H,8-9H2,1-3H3,(H2,18,22)(H,19,21). The lowest BCUT2D eigenvalue weighted by atomic mass is 9.98. The van der Waals surface area contributed by atoms with Crippen LogP contribution in [0.2, 0.25) is 0 Å². The number of rotatable bonds is 6. The molecule has 23 heavy (non-hydrogen) atoms. The third kappa shape index (κ3) is 4.99. The van der Waals surface area contributed by atoms with Crippen LogP contribution in [-0.2, 0) is 16.6 Å². The fourth-order valence-electron chi connectivity index (χ4n) is 1.99. The summed E-state index contributed by atoms with van der Waals surface area (Å²) in [6.07, 6.45) is 0.452. The Balaban J connectivity index is 1.98. The van der Waals surface area contributed by atoms with Crippen LogP contribution in [0.25, 0.3) is 0 Å². The quantitative estimate of drug-likeness (QED) is 0.850. The van der Waals surface area contributed by atoms with Crippen molar-refractivity contribution in [2.75, 3.05) is 11.9 Å². The zero-order valence-electron chi connectivity index (χ0n) is 13.5. The van der Waals surface area contributed by atoms with Crippen molar-refractivity contribution in [3.8, 4) is 0 Å². The van der Waals surface area contributed by atoms with Crippen LogP contribution in [0.5, 0.6) is 0 Å². The highest BCUT2D eigenvalue weighted by Gasteiger charge is 2.21. The Kier molecular flexibility index (Phi) is 5.30. The van der Waals surface area contributed by atoms with Gasteiger partial charge in [0.2, 0.25) is 11.0 Å². The number of benzene rings is 1. The number of nitrogens with two attached hydrogens (primary N) is 1. The maximum absolute atomic E-state index is 12.9. The van der Waals surface area contributed by atoms with Gasteiger partial charge in [-0.25, -0.2) is 4.39 Å². The zero-order chi connectivity index (χ0) is 17.0. The highest BCUT2D eigenvalue weighted by atomic mass is 32.1. The molecule has 0 aliphatic carbocycles. The van der Waals surface area contributed by atoms with E-state index < -0.39 is 11.8 Å². The number of primary amides is 1. The summed E-state index contributed by atoms with van der Waals surface area (Å²) in [5, 5.41) is 13.0. The van der Waals surface area contributed by atoms with E-state index in [1.807, 2.05) is 0 Å². The Morgan fingerprint density at radius 2 is 1.96 bits per heavy atom. The predicted octanol–water partition coefficient (Wildman–Crippen LogP) is 2.73. The fourth-order valence-corrected chi connectivity index (χ4v) is 2.79. The molecule has 2 rings (SSSR count). The number of carbonyl (C=O) groups is 1. The van der Waals surface area contributed by atoms with Crippen LogP contribution in [0.1, 0.15) is 31.3 Å². The van der Waals surface area contributed by atoms with Gasteiger partial charge in [0.05, 0.1) is 5.92 Å². The Bertz CT molecular complexity index is 663. The minimum atomic E-state index is -0.401. The summed E-state index contributed by atoms with van der Waals surface area (Å²) in [6.45, 7) is 6.57. The van der Waals surface area contributed by atoms with E-state index in [-0.39, 0.29) is 11.2 Å². The van der Waals surface area contributed by atoms with Gasteiger partial charge < -0.3 is 11.1 Å². The molecule has 1 heterocycles. The van der Waals surface area contributed by atoms with Crippen LogP contribution < -0.4 is 11.1 Å². The summed E-state index contributed by atoms with van der Waals surface area (Å²) >= 11 is 1.47. The molecule has 0 bridgehead atoms. The van der Waals surface area contributed by atoms with Crippen molar-refractivity contribution in [2.24, 2.45) is 11.7 Å². The maximum Gasteiger partial charge on any atom is 0.222 e. The van der Waals surface area contributed by atoms with E-state index >= 15 is 0 Å². The second-order valence-electron chi connectivity index (χ2n) is 6.47. The van der Waals surface area contributed by atoms with Crippen LogP contribution >= 0.6 is 11.3 Å². The molecule has 3 N–H and O–H groups in total. The third-order valence-electron chi connectivity index (χ3n) is 3.36. The SMILES string of the molecule is CC(C)(C)c1nnc(NCC(Cc2ccc(F)cc2)C(N)=O)s1. The number of carbonyl (C=O) groups excluding carboxylic acids is 1. The first kappa shape index (κ1) is 17.3. The van der Waals surface area contributed by atoms with Gasteiger partial charge in [0.25, 0.3) is 0 Å².